The maximum absolute atomic E-state index is 12.0. The van der Waals surface area contributed by atoms with E-state index in [2.05, 4.69) is 38.5 Å². The van der Waals surface area contributed by atoms with E-state index >= 15 is 0 Å². The number of hydrogen-bond acceptors (Lipinski definition) is 4. The van der Waals surface area contributed by atoms with Crippen molar-refractivity contribution in [2.24, 2.45) is 0 Å². The first-order valence-corrected chi connectivity index (χ1v) is 9.92. The molecule has 2 aromatic carbocycles. The Kier molecular flexibility index (Phi) is 8.52. The van der Waals surface area contributed by atoms with Gasteiger partial charge in [-0.2, -0.15) is 0 Å². The number of para-hydroxylation sites is 1. The number of benzene rings is 2. The topological polar surface area (TPSA) is 76.7 Å². The number of carbonyl (C=O) groups excluding carboxylic acids is 2. The summed E-state index contributed by atoms with van der Waals surface area (Å²) in [5.74, 6) is 1.14. The van der Waals surface area contributed by atoms with E-state index in [1.54, 1.807) is 0 Å². The van der Waals surface area contributed by atoms with E-state index in [1.807, 2.05) is 48.5 Å². The van der Waals surface area contributed by atoms with Crippen molar-refractivity contribution in [2.45, 2.75) is 46.0 Å². The molecule has 2 aromatic rings. The highest BCUT2D eigenvalue weighted by Gasteiger charge is 2.12. The van der Waals surface area contributed by atoms with E-state index in [9.17, 15) is 9.59 Å². The molecule has 0 fully saturated rings. The smallest absolute Gasteiger partial charge is 0.276 e. The van der Waals surface area contributed by atoms with Gasteiger partial charge in [0.1, 0.15) is 11.5 Å². The fourth-order valence-corrected chi connectivity index (χ4v) is 2.69. The fraction of sp³-hybridized carbons (Fsp3) is 0.391. The molecular formula is C23H30N2O4. The summed E-state index contributed by atoms with van der Waals surface area (Å²) >= 11 is 0. The van der Waals surface area contributed by atoms with Crippen LogP contribution in [0.5, 0.6) is 11.5 Å². The van der Waals surface area contributed by atoms with E-state index in [-0.39, 0.29) is 13.2 Å². The quantitative estimate of drug-likeness (QED) is 0.628. The third kappa shape index (κ3) is 7.14. The molecule has 1 atom stereocenters. The van der Waals surface area contributed by atoms with Gasteiger partial charge in [-0.1, -0.05) is 58.0 Å². The van der Waals surface area contributed by atoms with Gasteiger partial charge in [-0.05, 0) is 47.6 Å². The van der Waals surface area contributed by atoms with Gasteiger partial charge in [0.2, 0.25) is 0 Å². The SMILES string of the molecule is CCC(C)c1ccccc1OCC(=O)NNC(=O)COc1ccc(C(C)C)cc1. The molecule has 0 heterocycles. The van der Waals surface area contributed by atoms with Gasteiger partial charge in [0, 0.05) is 0 Å². The van der Waals surface area contributed by atoms with Crippen molar-refractivity contribution in [1.29, 1.82) is 0 Å². The molecule has 29 heavy (non-hydrogen) atoms. The molecule has 2 N–H and O–H groups in total. The second-order valence-electron chi connectivity index (χ2n) is 7.24. The van der Waals surface area contributed by atoms with E-state index < -0.39 is 11.8 Å². The Balaban J connectivity index is 1.73. The van der Waals surface area contributed by atoms with Crippen LogP contribution in [0, 0.1) is 0 Å². The summed E-state index contributed by atoms with van der Waals surface area (Å²) in [6, 6.07) is 15.2. The zero-order valence-corrected chi connectivity index (χ0v) is 17.5. The lowest BCUT2D eigenvalue weighted by Gasteiger charge is -2.15. The van der Waals surface area contributed by atoms with Gasteiger partial charge in [-0.15, -0.1) is 0 Å². The minimum atomic E-state index is -0.453. The number of nitrogens with one attached hydrogen (secondary N) is 2. The predicted octanol–water partition coefficient (Wildman–Crippen LogP) is 3.93. The van der Waals surface area contributed by atoms with Crippen molar-refractivity contribution in [3.8, 4) is 11.5 Å². The Morgan fingerprint density at radius 1 is 0.862 bits per heavy atom. The van der Waals surface area contributed by atoms with Gasteiger partial charge in [0.05, 0.1) is 0 Å². The highest BCUT2D eigenvalue weighted by molar-refractivity contribution is 5.83. The van der Waals surface area contributed by atoms with Crippen molar-refractivity contribution >= 4 is 11.8 Å². The second-order valence-corrected chi connectivity index (χ2v) is 7.24. The molecule has 0 bridgehead atoms. The first-order valence-electron chi connectivity index (χ1n) is 9.92. The molecule has 156 valence electrons. The number of hydrazine groups is 1. The van der Waals surface area contributed by atoms with Gasteiger partial charge < -0.3 is 9.47 Å². The summed E-state index contributed by atoms with van der Waals surface area (Å²) in [5.41, 5.74) is 6.91. The number of ether oxygens (including phenoxy) is 2. The van der Waals surface area contributed by atoms with Crippen LogP contribution in [-0.4, -0.2) is 25.0 Å². The summed E-state index contributed by atoms with van der Waals surface area (Å²) in [7, 11) is 0. The normalized spacial score (nSPS) is 11.6. The van der Waals surface area contributed by atoms with Crippen LogP contribution in [0.25, 0.3) is 0 Å². The lowest BCUT2D eigenvalue weighted by molar-refractivity contribution is -0.131. The monoisotopic (exact) mass is 398 g/mol. The third-order valence-electron chi connectivity index (χ3n) is 4.68. The standard InChI is InChI=1S/C23H30N2O4/c1-5-17(4)20-8-6-7-9-21(20)29-15-23(27)25-24-22(26)14-28-19-12-10-18(11-13-19)16(2)3/h6-13,16-17H,5,14-15H2,1-4H3,(H,24,26)(H,25,27). The Morgan fingerprint density at radius 3 is 2.03 bits per heavy atom. The number of rotatable bonds is 9. The molecule has 6 nitrogen and oxygen atoms in total. The zero-order chi connectivity index (χ0) is 21.2. The van der Waals surface area contributed by atoms with Crippen molar-refractivity contribution in [1.82, 2.24) is 10.9 Å². The van der Waals surface area contributed by atoms with Crippen molar-refractivity contribution in [2.75, 3.05) is 13.2 Å². The summed E-state index contributed by atoms with van der Waals surface area (Å²) in [4.78, 5) is 23.8. The maximum atomic E-state index is 12.0. The van der Waals surface area contributed by atoms with Gasteiger partial charge in [-0.25, -0.2) is 0 Å². The highest BCUT2D eigenvalue weighted by atomic mass is 16.5. The predicted molar refractivity (Wildman–Crippen MR) is 113 cm³/mol. The van der Waals surface area contributed by atoms with Crippen molar-refractivity contribution < 1.29 is 19.1 Å². The van der Waals surface area contributed by atoms with Crippen LogP contribution in [0.2, 0.25) is 0 Å². The molecule has 0 aliphatic carbocycles. The average molecular weight is 399 g/mol. The zero-order valence-electron chi connectivity index (χ0n) is 17.5. The van der Waals surface area contributed by atoms with Gasteiger partial charge in [-0.3, -0.25) is 20.4 Å². The minimum absolute atomic E-state index is 0.189. The van der Waals surface area contributed by atoms with Gasteiger partial charge in [0.15, 0.2) is 13.2 Å². The van der Waals surface area contributed by atoms with Crippen LogP contribution < -0.4 is 20.3 Å². The Morgan fingerprint density at radius 2 is 1.45 bits per heavy atom. The van der Waals surface area contributed by atoms with Crippen LogP contribution >= 0.6 is 0 Å². The van der Waals surface area contributed by atoms with Gasteiger partial charge in [0.25, 0.3) is 11.8 Å². The molecule has 6 heteroatoms. The molecule has 0 aliphatic rings. The van der Waals surface area contributed by atoms with Crippen LogP contribution in [0.4, 0.5) is 0 Å². The second kappa shape index (κ2) is 11.1. The summed E-state index contributed by atoms with van der Waals surface area (Å²) < 4.78 is 11.0. The van der Waals surface area contributed by atoms with Crippen molar-refractivity contribution in [3.63, 3.8) is 0 Å². The fourth-order valence-electron chi connectivity index (χ4n) is 2.69. The highest BCUT2D eigenvalue weighted by Crippen LogP contribution is 2.28. The molecule has 1 unspecified atom stereocenters. The Bertz CT molecular complexity index is 803. The largest absolute Gasteiger partial charge is 0.484 e. The summed E-state index contributed by atoms with van der Waals surface area (Å²) in [6.45, 7) is 8.05. The van der Waals surface area contributed by atoms with Crippen LogP contribution in [0.1, 0.15) is 57.1 Å². The summed E-state index contributed by atoms with van der Waals surface area (Å²) in [5, 5.41) is 0. The summed E-state index contributed by atoms with van der Waals surface area (Å²) in [6.07, 6.45) is 0.975. The Labute approximate surface area is 172 Å². The number of hydrogen-bond donors (Lipinski definition) is 2. The van der Waals surface area contributed by atoms with E-state index in [1.165, 1.54) is 5.56 Å². The molecular weight excluding hydrogens is 368 g/mol. The molecule has 0 radical (unpaired) electrons. The lowest BCUT2D eigenvalue weighted by atomic mass is 9.98. The van der Waals surface area contributed by atoms with Crippen LogP contribution in [0.3, 0.4) is 0 Å². The minimum Gasteiger partial charge on any atom is -0.484 e. The first-order chi connectivity index (χ1) is 13.9. The lowest BCUT2D eigenvalue weighted by Crippen LogP contribution is -2.45. The van der Waals surface area contributed by atoms with E-state index in [0.29, 0.717) is 23.3 Å². The van der Waals surface area contributed by atoms with E-state index in [0.717, 1.165) is 12.0 Å². The molecule has 0 spiro atoms. The van der Waals surface area contributed by atoms with Crippen molar-refractivity contribution in [3.05, 3.63) is 59.7 Å². The van der Waals surface area contributed by atoms with Crippen LogP contribution in [-0.2, 0) is 9.59 Å². The Hall–Kier alpha value is -3.02. The molecule has 0 aliphatic heterocycles. The van der Waals surface area contributed by atoms with Crippen LogP contribution in [0.15, 0.2) is 48.5 Å². The first kappa shape index (κ1) is 22.3. The third-order valence-corrected chi connectivity index (χ3v) is 4.68. The molecule has 0 aromatic heterocycles. The molecule has 0 saturated heterocycles. The number of carbonyl (C=O) groups is 2. The molecule has 2 rings (SSSR count). The molecule has 0 saturated carbocycles. The number of amides is 2. The average Bonchev–Trinajstić information content (AvgIpc) is 2.74. The van der Waals surface area contributed by atoms with E-state index in [4.69, 9.17) is 9.47 Å². The maximum Gasteiger partial charge on any atom is 0.276 e. The van der Waals surface area contributed by atoms with Gasteiger partial charge >= 0.3 is 0 Å². The molecule has 2 amide bonds.